The van der Waals surface area contributed by atoms with E-state index in [9.17, 15) is 0 Å². The number of hydrogen-bond acceptors (Lipinski definition) is 4. The van der Waals surface area contributed by atoms with Gasteiger partial charge in [0, 0.05) is 72.2 Å². The third-order valence-corrected chi connectivity index (χ3v) is 20.8. The summed E-state index contributed by atoms with van der Waals surface area (Å²) in [6.45, 7) is 9.19. The van der Waals surface area contributed by atoms with Crippen molar-refractivity contribution in [2.24, 2.45) is 47.3 Å². The van der Waals surface area contributed by atoms with Gasteiger partial charge in [-0.15, -0.1) is 48.1 Å². The van der Waals surface area contributed by atoms with Crippen LogP contribution < -0.4 is 14.5 Å². The van der Waals surface area contributed by atoms with E-state index in [1.807, 2.05) is 12.3 Å². The first-order valence-electron chi connectivity index (χ1n) is 29.1. The second kappa shape index (κ2) is 18.3. The number of pyridine rings is 1. The Balaban J connectivity index is 0.00000529. The Hall–Kier alpha value is -6.42. The van der Waals surface area contributed by atoms with Crippen molar-refractivity contribution in [3.8, 4) is 17.3 Å². The standard InChI is InChI=1S/C72H67N4O.Pt/c1-70(2,3)52-30-31-73-68(42-52)76-64-25-11-10-22-60(64)61-29-28-59(44-67(61)76)77-58-21-14-20-57(43-58)74-45-75(66-27-13-12-26-65(66)74)69-62(71(50-16-6-4-7-17-50)53-34-46-32-47(36-53)37-54(71)35-46)23-15-24-63(69)72(51-18-8-5-9-19-51)55-38-48-33-49(40-55)41-56(72)39-48;/h4-31,42,45-49,53-56H,32-41H2,1-3H3;/q-3;. The van der Waals surface area contributed by atoms with Crippen LogP contribution in [0.1, 0.15) is 113 Å². The molecule has 1 aliphatic heterocycles. The zero-order chi connectivity index (χ0) is 51.2. The number of hydrogen-bond donors (Lipinski definition) is 0. The Kier molecular flexibility index (Phi) is 11.4. The van der Waals surface area contributed by atoms with Crippen LogP contribution in [0.25, 0.3) is 27.6 Å². The Bertz CT molecular complexity index is 3600. The molecule has 2 aromatic heterocycles. The largest absolute Gasteiger partial charge is 0.509 e. The van der Waals surface area contributed by atoms with E-state index in [4.69, 9.17) is 9.72 Å². The molecule has 0 unspecified atom stereocenters. The monoisotopic (exact) mass is 1200 g/mol. The van der Waals surface area contributed by atoms with Gasteiger partial charge in [-0.25, -0.2) is 4.98 Å². The summed E-state index contributed by atoms with van der Waals surface area (Å²) in [4.78, 5) is 10.00. The van der Waals surface area contributed by atoms with E-state index >= 15 is 0 Å². The third kappa shape index (κ3) is 7.24. The molecule has 18 rings (SSSR count). The molecule has 0 saturated heterocycles. The molecule has 5 nitrogen and oxygen atoms in total. The van der Waals surface area contributed by atoms with Crippen molar-refractivity contribution in [3.63, 3.8) is 0 Å². The average molecular weight is 1200 g/mol. The van der Waals surface area contributed by atoms with Gasteiger partial charge in [0.1, 0.15) is 5.82 Å². The fraction of sp³-hybridized carbons (Fsp3) is 0.333. The molecule has 8 bridgehead atoms. The molecule has 394 valence electrons. The zero-order valence-electron chi connectivity index (χ0n) is 45.0. The normalized spacial score (nSPS) is 28.3. The Labute approximate surface area is 475 Å². The summed E-state index contributed by atoms with van der Waals surface area (Å²) in [5.74, 6) is 7.91. The van der Waals surface area contributed by atoms with Crippen molar-refractivity contribution >= 4 is 44.6 Å². The van der Waals surface area contributed by atoms with Crippen LogP contribution in [0, 0.1) is 66.1 Å². The van der Waals surface area contributed by atoms with Gasteiger partial charge < -0.3 is 19.1 Å². The molecule has 9 aliphatic rings. The number of fused-ring (bicyclic) bond motifs is 4. The maximum atomic E-state index is 6.88. The molecule has 0 radical (unpaired) electrons. The van der Waals surface area contributed by atoms with E-state index in [-0.39, 0.29) is 37.3 Å². The Morgan fingerprint density at radius 2 is 1.04 bits per heavy atom. The van der Waals surface area contributed by atoms with Crippen LogP contribution in [0.5, 0.6) is 11.5 Å². The summed E-state index contributed by atoms with van der Waals surface area (Å²) in [6, 6.07) is 71.8. The summed E-state index contributed by atoms with van der Waals surface area (Å²) in [7, 11) is 0. The first-order valence-corrected chi connectivity index (χ1v) is 29.1. The maximum Gasteiger partial charge on any atom is 0.135 e. The van der Waals surface area contributed by atoms with Gasteiger partial charge in [0.2, 0.25) is 0 Å². The van der Waals surface area contributed by atoms with Crippen LogP contribution in [-0.4, -0.2) is 9.55 Å². The predicted molar refractivity (Wildman–Crippen MR) is 311 cm³/mol. The topological polar surface area (TPSA) is 33.5 Å². The van der Waals surface area contributed by atoms with Crippen molar-refractivity contribution in [2.75, 3.05) is 9.80 Å². The summed E-state index contributed by atoms with van der Waals surface area (Å²) in [5.41, 5.74) is 13.9. The first kappa shape index (κ1) is 48.7. The van der Waals surface area contributed by atoms with E-state index in [1.54, 1.807) is 11.1 Å². The van der Waals surface area contributed by atoms with Gasteiger partial charge in [0.05, 0.1) is 0 Å². The number of ether oxygens (including phenoxy) is 1. The van der Waals surface area contributed by atoms with Crippen LogP contribution >= 0.6 is 0 Å². The molecule has 78 heavy (non-hydrogen) atoms. The Morgan fingerprint density at radius 1 is 0.513 bits per heavy atom. The fourth-order valence-electron chi connectivity index (χ4n) is 18.3. The van der Waals surface area contributed by atoms with Gasteiger partial charge in [-0.3, -0.25) is 0 Å². The minimum atomic E-state index is -0.103. The van der Waals surface area contributed by atoms with Crippen LogP contribution in [0.4, 0.5) is 22.7 Å². The van der Waals surface area contributed by atoms with E-state index in [0.29, 0.717) is 35.2 Å². The molecule has 8 fully saturated rings. The molecular weight excluding hydrogens is 1130 g/mol. The quantitative estimate of drug-likeness (QED) is 0.135. The van der Waals surface area contributed by atoms with Crippen molar-refractivity contribution in [3.05, 3.63) is 223 Å². The minimum absolute atomic E-state index is 0. The van der Waals surface area contributed by atoms with Gasteiger partial charge >= 0.3 is 0 Å². The summed E-state index contributed by atoms with van der Waals surface area (Å²) >= 11 is 0. The van der Waals surface area contributed by atoms with E-state index in [0.717, 1.165) is 62.7 Å². The van der Waals surface area contributed by atoms with Gasteiger partial charge in [-0.2, -0.15) is 12.1 Å². The van der Waals surface area contributed by atoms with Gasteiger partial charge in [0.15, 0.2) is 0 Å². The SMILES string of the molecule is CC(C)(C)c1ccnc(-n2c3[c-]c(Oc4[c-]c(N5[CH-]N(c6c(C7(c8ccccc8)C8CC9CC(C8)CC7C9)cccc6C6(c7ccccc7)C7CC8CC(C7)CC6C8)c6ccccc65)ccc4)ccc3c3ccccc32)c1.[Pt]. The minimum Gasteiger partial charge on any atom is -0.509 e. The maximum absolute atomic E-state index is 6.88. The van der Waals surface area contributed by atoms with E-state index in [2.05, 4.69) is 218 Å². The third-order valence-electron chi connectivity index (χ3n) is 20.8. The van der Waals surface area contributed by atoms with Crippen molar-refractivity contribution in [1.29, 1.82) is 0 Å². The summed E-state index contributed by atoms with van der Waals surface area (Å²) in [6.07, 6.45) is 15.4. The van der Waals surface area contributed by atoms with Crippen molar-refractivity contribution in [1.82, 2.24) is 9.55 Å². The van der Waals surface area contributed by atoms with Crippen LogP contribution in [0.2, 0.25) is 0 Å². The molecular formula is C72H67N4OPt-3. The Morgan fingerprint density at radius 3 is 1.63 bits per heavy atom. The number of para-hydroxylation sites is 4. The van der Waals surface area contributed by atoms with Crippen LogP contribution in [-0.2, 0) is 37.3 Å². The molecule has 7 aromatic carbocycles. The molecule has 8 aliphatic carbocycles. The molecule has 3 heterocycles. The first-order chi connectivity index (χ1) is 37.7. The number of rotatable bonds is 9. The number of nitrogens with zero attached hydrogens (tertiary/aromatic N) is 4. The average Bonchev–Trinajstić information content (AvgIpc) is 3.89. The van der Waals surface area contributed by atoms with E-state index < -0.39 is 0 Å². The molecule has 8 saturated carbocycles. The van der Waals surface area contributed by atoms with Gasteiger partial charge in [-0.05, 0) is 181 Å². The number of benzene rings is 7. The molecule has 0 spiro atoms. The summed E-state index contributed by atoms with van der Waals surface area (Å²) < 4.78 is 9.12. The number of anilines is 4. The smallest absolute Gasteiger partial charge is 0.135 e. The van der Waals surface area contributed by atoms with Crippen LogP contribution in [0.3, 0.4) is 0 Å². The summed E-state index contributed by atoms with van der Waals surface area (Å²) in [5, 5.41) is 2.28. The molecule has 9 aromatic rings. The molecule has 0 amide bonds. The van der Waals surface area contributed by atoms with Gasteiger partial charge in [-0.1, -0.05) is 135 Å². The van der Waals surface area contributed by atoms with Gasteiger partial charge in [0.25, 0.3) is 0 Å². The van der Waals surface area contributed by atoms with Crippen molar-refractivity contribution in [2.45, 2.75) is 101 Å². The van der Waals surface area contributed by atoms with E-state index in [1.165, 1.54) is 92.3 Å². The predicted octanol–water partition coefficient (Wildman–Crippen LogP) is 17.8. The molecule has 0 N–H and O–H groups in total. The number of aromatic nitrogens is 2. The zero-order valence-corrected chi connectivity index (χ0v) is 47.3. The van der Waals surface area contributed by atoms with Crippen molar-refractivity contribution < 1.29 is 25.8 Å². The second-order valence-electron chi connectivity index (χ2n) is 25.7. The fourth-order valence-corrected chi connectivity index (χ4v) is 18.3. The van der Waals surface area contributed by atoms with Crippen LogP contribution in [0.15, 0.2) is 176 Å². The molecule has 0 atom stereocenters. The second-order valence-corrected chi connectivity index (χ2v) is 25.7. The molecule has 6 heteroatoms.